The monoisotopic (exact) mass is 300 g/mol. The van der Waals surface area contributed by atoms with Crippen LogP contribution < -0.4 is 10.9 Å². The molecule has 0 spiro atoms. The maximum atomic E-state index is 11.6. The molecule has 0 bridgehead atoms. The zero-order chi connectivity index (χ0) is 15.9. The molecule has 1 aromatic carbocycles. The molecule has 3 atom stereocenters. The van der Waals surface area contributed by atoms with E-state index in [9.17, 15) is 4.79 Å². The predicted octanol–water partition coefficient (Wildman–Crippen LogP) is 1.97. The lowest BCUT2D eigenvalue weighted by Crippen LogP contribution is -2.54. The third-order valence-electron chi connectivity index (χ3n) is 4.68. The van der Waals surface area contributed by atoms with Crippen molar-refractivity contribution in [1.29, 1.82) is 0 Å². The molecule has 1 unspecified atom stereocenters. The molecule has 0 saturated carbocycles. The smallest absolute Gasteiger partial charge is 0.269 e. The van der Waals surface area contributed by atoms with Gasteiger partial charge in [-0.1, -0.05) is 6.07 Å². The number of fused-ring (bicyclic) bond motifs is 1. The second-order valence-electron chi connectivity index (χ2n) is 6.46. The van der Waals surface area contributed by atoms with Gasteiger partial charge in [0.15, 0.2) is 0 Å². The molecule has 0 aliphatic carbocycles. The van der Waals surface area contributed by atoms with Crippen LogP contribution in [0, 0.1) is 6.92 Å². The molecular formula is C17H24N4O. The molecule has 3 rings (SSSR count). The fraction of sp³-hybridized carbons (Fsp3) is 0.529. The number of H-pyrrole nitrogens is 1. The zero-order valence-electron chi connectivity index (χ0n) is 13.7. The molecule has 2 heterocycles. The van der Waals surface area contributed by atoms with Crippen molar-refractivity contribution >= 4 is 11.0 Å². The number of aryl methyl sites for hydroxylation is 1. The molecule has 2 N–H and O–H groups in total. The largest absolute Gasteiger partial charge is 0.319 e. The van der Waals surface area contributed by atoms with Gasteiger partial charge in [-0.05, 0) is 45.4 Å². The van der Waals surface area contributed by atoms with E-state index in [1.54, 1.807) is 6.92 Å². The van der Waals surface area contributed by atoms with E-state index in [0.717, 1.165) is 24.1 Å². The highest BCUT2D eigenvalue weighted by molar-refractivity contribution is 5.74. The number of aromatic nitrogens is 2. The van der Waals surface area contributed by atoms with E-state index in [0.29, 0.717) is 23.8 Å². The fourth-order valence-corrected chi connectivity index (χ4v) is 3.23. The van der Waals surface area contributed by atoms with Crippen LogP contribution >= 0.6 is 0 Å². The van der Waals surface area contributed by atoms with Gasteiger partial charge in [-0.3, -0.25) is 9.69 Å². The van der Waals surface area contributed by atoms with Gasteiger partial charge in [-0.25, -0.2) is 4.98 Å². The van der Waals surface area contributed by atoms with E-state index in [2.05, 4.69) is 53.1 Å². The number of nitrogens with zero attached hydrogens (tertiary/aromatic N) is 2. The Morgan fingerprint density at radius 2 is 2.14 bits per heavy atom. The molecule has 1 aliphatic rings. The van der Waals surface area contributed by atoms with Gasteiger partial charge in [0.05, 0.1) is 11.0 Å². The first-order valence-electron chi connectivity index (χ1n) is 7.95. The molecule has 1 saturated heterocycles. The van der Waals surface area contributed by atoms with Crippen LogP contribution in [-0.4, -0.2) is 40.0 Å². The summed E-state index contributed by atoms with van der Waals surface area (Å²) in [5, 5.41) is 3.52. The second-order valence-corrected chi connectivity index (χ2v) is 6.46. The quantitative estimate of drug-likeness (QED) is 0.890. The SMILES string of the molecule is Cc1nc2cc(C(C)N3C[C@H](C)NC[C@H]3C)ccc2[nH]c1=O. The summed E-state index contributed by atoms with van der Waals surface area (Å²) in [6.45, 7) is 10.5. The van der Waals surface area contributed by atoms with Crippen molar-refractivity contribution < 1.29 is 0 Å². The average Bonchev–Trinajstić information content (AvgIpc) is 2.50. The van der Waals surface area contributed by atoms with Gasteiger partial charge in [0.1, 0.15) is 5.69 Å². The first-order chi connectivity index (χ1) is 10.5. The zero-order valence-corrected chi connectivity index (χ0v) is 13.7. The predicted molar refractivity (Wildman–Crippen MR) is 89.1 cm³/mol. The van der Waals surface area contributed by atoms with Gasteiger partial charge < -0.3 is 10.3 Å². The van der Waals surface area contributed by atoms with E-state index in [4.69, 9.17) is 0 Å². The van der Waals surface area contributed by atoms with Crippen molar-refractivity contribution in [3.63, 3.8) is 0 Å². The Morgan fingerprint density at radius 1 is 1.36 bits per heavy atom. The van der Waals surface area contributed by atoms with Crippen molar-refractivity contribution in [3.8, 4) is 0 Å². The molecule has 22 heavy (non-hydrogen) atoms. The summed E-state index contributed by atoms with van der Waals surface area (Å²) < 4.78 is 0. The molecule has 1 fully saturated rings. The van der Waals surface area contributed by atoms with Crippen molar-refractivity contribution in [2.75, 3.05) is 13.1 Å². The van der Waals surface area contributed by atoms with Gasteiger partial charge >= 0.3 is 0 Å². The Balaban J connectivity index is 1.95. The number of rotatable bonds is 2. The summed E-state index contributed by atoms with van der Waals surface area (Å²) >= 11 is 0. The normalized spacial score (nSPS) is 24.5. The third kappa shape index (κ3) is 2.78. The average molecular weight is 300 g/mol. The number of aromatic amines is 1. The Kier molecular flexibility index (Phi) is 4.02. The van der Waals surface area contributed by atoms with E-state index in [1.165, 1.54) is 5.56 Å². The van der Waals surface area contributed by atoms with Gasteiger partial charge in [0.25, 0.3) is 5.56 Å². The van der Waals surface area contributed by atoms with Crippen LogP contribution in [0.2, 0.25) is 0 Å². The van der Waals surface area contributed by atoms with E-state index >= 15 is 0 Å². The topological polar surface area (TPSA) is 61.0 Å². The van der Waals surface area contributed by atoms with Crippen molar-refractivity contribution in [2.24, 2.45) is 0 Å². The number of piperazine rings is 1. The molecule has 5 heteroatoms. The minimum atomic E-state index is -0.113. The maximum Gasteiger partial charge on any atom is 0.269 e. The van der Waals surface area contributed by atoms with Crippen LogP contribution in [0.25, 0.3) is 11.0 Å². The summed E-state index contributed by atoms with van der Waals surface area (Å²) in [6, 6.07) is 7.51. The standard InChI is InChI=1S/C17H24N4O/c1-10-9-21(11(2)8-18-10)13(4)14-5-6-15-16(7-14)19-12(3)17(22)20-15/h5-7,10-11,13,18H,8-9H2,1-4H3,(H,20,22)/t10-,11+,13?/m0/s1. The summed E-state index contributed by atoms with van der Waals surface area (Å²) in [5.74, 6) is 0. The molecule has 118 valence electrons. The summed E-state index contributed by atoms with van der Waals surface area (Å²) in [4.78, 5) is 21.5. The lowest BCUT2D eigenvalue weighted by atomic mass is 10.0. The number of benzene rings is 1. The molecule has 1 aliphatic heterocycles. The Bertz CT molecular complexity index is 739. The van der Waals surface area contributed by atoms with Crippen LogP contribution in [0.4, 0.5) is 0 Å². The summed E-state index contributed by atoms with van der Waals surface area (Å²) in [6.07, 6.45) is 0. The molecule has 2 aromatic rings. The van der Waals surface area contributed by atoms with Gasteiger partial charge in [0, 0.05) is 31.2 Å². The highest BCUT2D eigenvalue weighted by atomic mass is 16.1. The molecule has 1 aromatic heterocycles. The van der Waals surface area contributed by atoms with Gasteiger partial charge in [-0.15, -0.1) is 0 Å². The van der Waals surface area contributed by atoms with Gasteiger partial charge in [-0.2, -0.15) is 0 Å². The first kappa shape index (κ1) is 15.2. The number of nitrogens with one attached hydrogen (secondary N) is 2. The lowest BCUT2D eigenvalue weighted by Gasteiger charge is -2.41. The van der Waals surface area contributed by atoms with E-state index < -0.39 is 0 Å². The van der Waals surface area contributed by atoms with Crippen LogP contribution in [0.15, 0.2) is 23.0 Å². The summed E-state index contributed by atoms with van der Waals surface area (Å²) in [5.41, 5.74) is 3.30. The Labute approximate surface area is 130 Å². The van der Waals surface area contributed by atoms with Crippen LogP contribution in [0.5, 0.6) is 0 Å². The van der Waals surface area contributed by atoms with Crippen LogP contribution in [0.1, 0.15) is 38.1 Å². The highest BCUT2D eigenvalue weighted by Gasteiger charge is 2.27. The Morgan fingerprint density at radius 3 is 2.91 bits per heavy atom. The minimum Gasteiger partial charge on any atom is -0.319 e. The van der Waals surface area contributed by atoms with Crippen molar-refractivity contribution in [2.45, 2.75) is 45.8 Å². The van der Waals surface area contributed by atoms with Crippen LogP contribution in [-0.2, 0) is 0 Å². The van der Waals surface area contributed by atoms with Crippen molar-refractivity contribution in [3.05, 3.63) is 39.8 Å². The Hall–Kier alpha value is -1.72. The minimum absolute atomic E-state index is 0.113. The van der Waals surface area contributed by atoms with E-state index in [-0.39, 0.29) is 5.56 Å². The second kappa shape index (κ2) is 5.82. The molecule has 0 radical (unpaired) electrons. The fourth-order valence-electron chi connectivity index (χ4n) is 3.23. The van der Waals surface area contributed by atoms with Gasteiger partial charge in [0.2, 0.25) is 0 Å². The molecular weight excluding hydrogens is 276 g/mol. The highest BCUT2D eigenvalue weighted by Crippen LogP contribution is 2.26. The molecule has 5 nitrogen and oxygen atoms in total. The van der Waals surface area contributed by atoms with Crippen LogP contribution in [0.3, 0.4) is 0 Å². The molecule has 0 amide bonds. The number of hydrogen-bond acceptors (Lipinski definition) is 4. The maximum absolute atomic E-state index is 11.6. The van der Waals surface area contributed by atoms with E-state index in [1.807, 2.05) is 6.07 Å². The number of hydrogen-bond donors (Lipinski definition) is 2. The first-order valence-corrected chi connectivity index (χ1v) is 7.95. The lowest BCUT2D eigenvalue weighted by molar-refractivity contribution is 0.103. The third-order valence-corrected chi connectivity index (χ3v) is 4.68. The summed E-state index contributed by atoms with van der Waals surface area (Å²) in [7, 11) is 0. The van der Waals surface area contributed by atoms with Crippen molar-refractivity contribution in [1.82, 2.24) is 20.2 Å².